The number of fused-ring (bicyclic) bond motifs is 1. The average molecular weight is 408 g/mol. The van der Waals surface area contributed by atoms with Crippen molar-refractivity contribution in [3.63, 3.8) is 0 Å². The van der Waals surface area contributed by atoms with Gasteiger partial charge in [0, 0.05) is 29.4 Å². The summed E-state index contributed by atoms with van der Waals surface area (Å²) in [6.07, 6.45) is 4.32. The molecular weight excluding hydrogens is 388 g/mol. The predicted octanol–water partition coefficient (Wildman–Crippen LogP) is 3.63. The summed E-state index contributed by atoms with van der Waals surface area (Å²) in [5, 5.41) is 5.39. The second kappa shape index (κ2) is 8.56. The SMILES string of the molecule is C#Cc1cccc(NC(=O)N[C@@H]2N=C(c3ccccc3)c3ccccc3N(C)C2=O)c1. The van der Waals surface area contributed by atoms with Crippen molar-refractivity contribution in [2.45, 2.75) is 6.17 Å². The van der Waals surface area contributed by atoms with Crippen molar-refractivity contribution in [1.82, 2.24) is 5.32 Å². The summed E-state index contributed by atoms with van der Waals surface area (Å²) >= 11 is 0. The van der Waals surface area contributed by atoms with E-state index in [1.54, 1.807) is 31.3 Å². The van der Waals surface area contributed by atoms with Gasteiger partial charge in [-0.25, -0.2) is 9.79 Å². The highest BCUT2D eigenvalue weighted by Crippen LogP contribution is 2.27. The van der Waals surface area contributed by atoms with Gasteiger partial charge >= 0.3 is 6.03 Å². The molecule has 0 unspecified atom stereocenters. The van der Waals surface area contributed by atoms with E-state index in [0.717, 1.165) is 16.8 Å². The fraction of sp³-hybridized carbons (Fsp3) is 0.0800. The van der Waals surface area contributed by atoms with Crippen molar-refractivity contribution >= 4 is 29.0 Å². The molecule has 1 aliphatic rings. The van der Waals surface area contributed by atoms with E-state index in [0.29, 0.717) is 17.0 Å². The maximum Gasteiger partial charge on any atom is 0.321 e. The first kappa shape index (κ1) is 19.9. The maximum absolute atomic E-state index is 13.1. The number of aliphatic imine (C=N–C) groups is 1. The normalized spacial score (nSPS) is 15.2. The fourth-order valence-corrected chi connectivity index (χ4v) is 3.42. The molecule has 1 aliphatic heterocycles. The van der Waals surface area contributed by atoms with Crippen molar-refractivity contribution in [1.29, 1.82) is 0 Å². The number of hydrogen-bond donors (Lipinski definition) is 2. The number of benzene rings is 3. The Balaban J connectivity index is 1.67. The zero-order chi connectivity index (χ0) is 21.8. The Bertz CT molecular complexity index is 1210. The zero-order valence-electron chi connectivity index (χ0n) is 16.9. The largest absolute Gasteiger partial charge is 0.321 e. The van der Waals surface area contributed by atoms with Crippen LogP contribution in [0.25, 0.3) is 0 Å². The number of nitrogens with one attached hydrogen (secondary N) is 2. The number of urea groups is 1. The molecule has 2 N–H and O–H groups in total. The number of anilines is 2. The summed E-state index contributed by atoms with van der Waals surface area (Å²) in [6, 6.07) is 23.5. The lowest BCUT2D eigenvalue weighted by atomic mass is 10.0. The van der Waals surface area contributed by atoms with E-state index in [1.165, 1.54) is 4.90 Å². The van der Waals surface area contributed by atoms with Crippen LogP contribution in [0.4, 0.5) is 16.2 Å². The van der Waals surface area contributed by atoms with Gasteiger partial charge in [0.25, 0.3) is 5.91 Å². The Hall–Kier alpha value is -4.37. The van der Waals surface area contributed by atoms with Crippen LogP contribution in [-0.2, 0) is 4.79 Å². The number of terminal acetylenes is 1. The van der Waals surface area contributed by atoms with Crippen molar-refractivity contribution in [2.24, 2.45) is 4.99 Å². The second-order valence-electron chi connectivity index (χ2n) is 6.98. The molecule has 0 saturated heterocycles. The molecule has 3 aromatic rings. The summed E-state index contributed by atoms with van der Waals surface area (Å²) < 4.78 is 0. The number of para-hydroxylation sites is 1. The lowest BCUT2D eigenvalue weighted by molar-refractivity contribution is -0.119. The molecule has 6 heteroatoms. The number of hydrogen-bond acceptors (Lipinski definition) is 3. The third kappa shape index (κ3) is 4.16. The van der Waals surface area contributed by atoms with Gasteiger partial charge in [-0.05, 0) is 24.3 Å². The summed E-state index contributed by atoms with van der Waals surface area (Å²) in [4.78, 5) is 31.9. The van der Waals surface area contributed by atoms with Crippen molar-refractivity contribution in [3.05, 3.63) is 95.6 Å². The molecule has 0 aliphatic carbocycles. The number of likely N-dealkylation sites (N-methyl/N-ethyl adjacent to an activating group) is 1. The van der Waals surface area contributed by atoms with Crippen LogP contribution in [0.1, 0.15) is 16.7 Å². The Morgan fingerprint density at radius 1 is 1.03 bits per heavy atom. The third-order valence-corrected chi connectivity index (χ3v) is 4.95. The minimum absolute atomic E-state index is 0.342. The van der Waals surface area contributed by atoms with Crippen molar-refractivity contribution < 1.29 is 9.59 Å². The van der Waals surface area contributed by atoms with Crippen LogP contribution in [0, 0.1) is 12.3 Å². The number of benzodiazepines with no additional fused rings is 1. The van der Waals surface area contributed by atoms with E-state index < -0.39 is 12.2 Å². The molecule has 0 saturated carbocycles. The van der Waals surface area contributed by atoms with E-state index >= 15 is 0 Å². The number of rotatable bonds is 3. The highest BCUT2D eigenvalue weighted by Gasteiger charge is 2.30. The number of amides is 3. The zero-order valence-corrected chi connectivity index (χ0v) is 16.9. The lowest BCUT2D eigenvalue weighted by Crippen LogP contribution is -2.47. The molecule has 0 spiro atoms. The number of carbonyl (C=O) groups excluding carboxylic acids is 2. The molecule has 1 atom stereocenters. The topological polar surface area (TPSA) is 73.8 Å². The standard InChI is InChI=1S/C25H20N4O2/c1-3-17-10-9-13-19(16-17)26-25(31)28-23-24(30)29(2)21-15-8-7-14-20(21)22(27-23)18-11-5-4-6-12-18/h1,4-16,23H,2H3,(H2,26,28,31)/t23-/m0/s1. The van der Waals surface area contributed by atoms with Gasteiger partial charge in [0.05, 0.1) is 11.4 Å². The smallest absolute Gasteiger partial charge is 0.311 e. The van der Waals surface area contributed by atoms with Gasteiger partial charge in [0.1, 0.15) is 0 Å². The molecule has 0 fully saturated rings. The van der Waals surface area contributed by atoms with Gasteiger partial charge in [-0.3, -0.25) is 4.79 Å². The van der Waals surface area contributed by atoms with E-state index in [4.69, 9.17) is 6.42 Å². The average Bonchev–Trinajstić information content (AvgIpc) is 2.90. The maximum atomic E-state index is 13.1. The van der Waals surface area contributed by atoms with Crippen LogP contribution in [0.15, 0.2) is 83.9 Å². The van der Waals surface area contributed by atoms with Gasteiger partial charge < -0.3 is 15.5 Å². The molecule has 31 heavy (non-hydrogen) atoms. The van der Waals surface area contributed by atoms with E-state index in [2.05, 4.69) is 21.5 Å². The summed E-state index contributed by atoms with van der Waals surface area (Å²) in [5.41, 5.74) is 4.19. The van der Waals surface area contributed by atoms with Gasteiger partial charge in [0.15, 0.2) is 0 Å². The molecule has 1 heterocycles. The van der Waals surface area contributed by atoms with Crippen LogP contribution >= 0.6 is 0 Å². The Morgan fingerprint density at radius 3 is 2.55 bits per heavy atom. The molecular formula is C25H20N4O2. The van der Waals surface area contributed by atoms with Crippen LogP contribution < -0.4 is 15.5 Å². The molecule has 0 radical (unpaired) electrons. The molecule has 152 valence electrons. The molecule has 0 bridgehead atoms. The van der Waals surface area contributed by atoms with E-state index in [9.17, 15) is 9.59 Å². The highest BCUT2D eigenvalue weighted by atomic mass is 16.2. The Morgan fingerprint density at radius 2 is 1.77 bits per heavy atom. The highest BCUT2D eigenvalue weighted by molar-refractivity contribution is 6.20. The number of carbonyl (C=O) groups is 2. The monoisotopic (exact) mass is 408 g/mol. The first-order valence-corrected chi connectivity index (χ1v) is 9.71. The van der Waals surface area contributed by atoms with Crippen molar-refractivity contribution in [2.75, 3.05) is 17.3 Å². The number of nitrogens with zero attached hydrogens (tertiary/aromatic N) is 2. The van der Waals surface area contributed by atoms with Gasteiger partial charge in [-0.1, -0.05) is 60.5 Å². The Labute approximate surface area is 180 Å². The van der Waals surface area contributed by atoms with Crippen LogP contribution in [0.3, 0.4) is 0 Å². The van der Waals surface area contributed by atoms with Crippen LogP contribution in [0.5, 0.6) is 0 Å². The van der Waals surface area contributed by atoms with Gasteiger partial charge in [-0.15, -0.1) is 6.42 Å². The van der Waals surface area contributed by atoms with Crippen molar-refractivity contribution in [3.8, 4) is 12.3 Å². The quantitative estimate of drug-likeness (QED) is 0.650. The predicted molar refractivity (Wildman–Crippen MR) is 122 cm³/mol. The lowest BCUT2D eigenvalue weighted by Gasteiger charge is -2.21. The molecule has 3 amide bonds. The minimum atomic E-state index is -1.09. The van der Waals surface area contributed by atoms with E-state index in [1.807, 2.05) is 54.6 Å². The first-order chi connectivity index (χ1) is 15.1. The van der Waals surface area contributed by atoms with Gasteiger partial charge in [-0.2, -0.15) is 0 Å². The fourth-order valence-electron chi connectivity index (χ4n) is 3.42. The van der Waals surface area contributed by atoms with E-state index in [-0.39, 0.29) is 5.91 Å². The summed E-state index contributed by atoms with van der Waals surface area (Å²) in [7, 11) is 1.67. The molecule has 6 nitrogen and oxygen atoms in total. The third-order valence-electron chi connectivity index (χ3n) is 4.95. The van der Waals surface area contributed by atoms with Gasteiger partial charge in [0.2, 0.25) is 6.17 Å². The molecule has 0 aromatic heterocycles. The second-order valence-corrected chi connectivity index (χ2v) is 6.98. The first-order valence-electron chi connectivity index (χ1n) is 9.71. The summed E-state index contributed by atoms with van der Waals surface area (Å²) in [5.74, 6) is 2.18. The molecule has 3 aromatic carbocycles. The Kier molecular flexibility index (Phi) is 5.50. The minimum Gasteiger partial charge on any atom is -0.311 e. The summed E-state index contributed by atoms with van der Waals surface area (Å²) in [6.45, 7) is 0. The molecule has 4 rings (SSSR count). The van der Waals surface area contributed by atoms with Crippen LogP contribution in [0.2, 0.25) is 0 Å². The van der Waals surface area contributed by atoms with Crippen LogP contribution in [-0.4, -0.2) is 30.9 Å².